The predicted octanol–water partition coefficient (Wildman–Crippen LogP) is -0.0227. The Morgan fingerprint density at radius 3 is 3.00 bits per heavy atom. The van der Waals surface area contributed by atoms with Crippen LogP contribution >= 0.6 is 0 Å². The third-order valence-corrected chi connectivity index (χ3v) is 2.66. The summed E-state index contributed by atoms with van der Waals surface area (Å²) in [4.78, 5) is 16.7. The molecule has 0 aliphatic carbocycles. The molecule has 1 unspecified atom stereocenters. The quantitative estimate of drug-likeness (QED) is 0.770. The van der Waals surface area contributed by atoms with Gasteiger partial charge in [0.25, 0.3) is 0 Å². The second-order valence-corrected chi connectivity index (χ2v) is 3.83. The fourth-order valence-corrected chi connectivity index (χ4v) is 1.74. The third-order valence-electron chi connectivity index (χ3n) is 2.66. The van der Waals surface area contributed by atoms with Gasteiger partial charge < -0.3 is 19.8 Å². The highest BCUT2D eigenvalue weighted by Crippen LogP contribution is 2.15. The molecule has 1 aliphatic heterocycles. The summed E-state index contributed by atoms with van der Waals surface area (Å²) in [5.74, 6) is -0.281. The monoisotopic (exact) mass is 238 g/mol. The van der Waals surface area contributed by atoms with Gasteiger partial charge in [0.05, 0.1) is 24.9 Å². The first-order valence-electron chi connectivity index (χ1n) is 5.37. The Balaban J connectivity index is 2.08. The van der Waals surface area contributed by atoms with E-state index in [9.17, 15) is 4.79 Å². The SMILES string of the molecule is O=C(O)c1ccc(N2CCOC(CO)C2)nc1. The van der Waals surface area contributed by atoms with Crippen molar-refractivity contribution in [2.24, 2.45) is 0 Å². The number of rotatable bonds is 3. The van der Waals surface area contributed by atoms with Crippen LogP contribution in [0.25, 0.3) is 0 Å². The van der Waals surface area contributed by atoms with Gasteiger partial charge in [0.2, 0.25) is 0 Å². The molecule has 1 aromatic heterocycles. The average Bonchev–Trinajstić information content (AvgIpc) is 2.39. The van der Waals surface area contributed by atoms with Crippen LogP contribution in [0.5, 0.6) is 0 Å². The molecule has 1 aromatic rings. The molecule has 1 saturated heterocycles. The van der Waals surface area contributed by atoms with Crippen LogP contribution in [-0.4, -0.2) is 53.6 Å². The van der Waals surface area contributed by atoms with Crippen LogP contribution in [0.3, 0.4) is 0 Å². The lowest BCUT2D eigenvalue weighted by Gasteiger charge is -2.32. The van der Waals surface area contributed by atoms with Gasteiger partial charge in [0.15, 0.2) is 0 Å². The zero-order valence-electron chi connectivity index (χ0n) is 9.24. The van der Waals surface area contributed by atoms with Crippen molar-refractivity contribution in [3.8, 4) is 0 Å². The van der Waals surface area contributed by atoms with E-state index in [2.05, 4.69) is 4.98 Å². The number of carboxylic acids is 1. The Morgan fingerprint density at radius 1 is 1.59 bits per heavy atom. The number of carbonyl (C=O) groups is 1. The number of aliphatic hydroxyl groups is 1. The maximum absolute atomic E-state index is 10.7. The van der Waals surface area contributed by atoms with Crippen LogP contribution in [0, 0.1) is 0 Å². The molecule has 6 nitrogen and oxygen atoms in total. The largest absolute Gasteiger partial charge is 0.478 e. The van der Waals surface area contributed by atoms with Crippen molar-refractivity contribution in [2.45, 2.75) is 6.10 Å². The molecule has 0 bridgehead atoms. The molecule has 92 valence electrons. The number of pyridine rings is 1. The summed E-state index contributed by atoms with van der Waals surface area (Å²) in [6, 6.07) is 3.19. The molecule has 2 heterocycles. The number of aromatic nitrogens is 1. The molecule has 0 saturated carbocycles. The van der Waals surface area contributed by atoms with Crippen molar-refractivity contribution in [1.29, 1.82) is 0 Å². The van der Waals surface area contributed by atoms with Crippen LogP contribution in [-0.2, 0) is 4.74 Å². The Kier molecular flexibility index (Phi) is 3.55. The minimum absolute atomic E-state index is 0.0241. The van der Waals surface area contributed by atoms with Gasteiger partial charge in [-0.15, -0.1) is 0 Å². The van der Waals surface area contributed by atoms with E-state index < -0.39 is 5.97 Å². The van der Waals surface area contributed by atoms with Crippen molar-refractivity contribution in [1.82, 2.24) is 4.98 Å². The number of aromatic carboxylic acids is 1. The van der Waals surface area contributed by atoms with E-state index in [1.807, 2.05) is 4.90 Å². The number of hydrogen-bond donors (Lipinski definition) is 2. The molecule has 1 aliphatic rings. The molecule has 2 N–H and O–H groups in total. The molecule has 0 radical (unpaired) electrons. The minimum atomic E-state index is -0.987. The smallest absolute Gasteiger partial charge is 0.337 e. The summed E-state index contributed by atoms with van der Waals surface area (Å²) in [5.41, 5.74) is 0.167. The Hall–Kier alpha value is -1.66. The first-order chi connectivity index (χ1) is 8.20. The molecular weight excluding hydrogens is 224 g/mol. The summed E-state index contributed by atoms with van der Waals surface area (Å²) in [6.07, 6.45) is 1.13. The maximum atomic E-state index is 10.7. The standard InChI is InChI=1S/C11H14N2O4/c14-7-9-6-13(3-4-17-9)10-2-1-8(5-12-10)11(15)16/h1-2,5,9,14H,3-4,6-7H2,(H,15,16). The van der Waals surface area contributed by atoms with Crippen LogP contribution in [0.15, 0.2) is 18.3 Å². The van der Waals surface area contributed by atoms with Gasteiger partial charge in [-0.25, -0.2) is 9.78 Å². The second kappa shape index (κ2) is 5.11. The van der Waals surface area contributed by atoms with Gasteiger partial charge in [0, 0.05) is 19.3 Å². The average molecular weight is 238 g/mol. The van der Waals surface area contributed by atoms with E-state index in [1.165, 1.54) is 12.3 Å². The number of nitrogens with zero attached hydrogens (tertiary/aromatic N) is 2. The van der Waals surface area contributed by atoms with Gasteiger partial charge in [-0.3, -0.25) is 0 Å². The fraction of sp³-hybridized carbons (Fsp3) is 0.455. The van der Waals surface area contributed by atoms with E-state index in [4.69, 9.17) is 14.9 Å². The third kappa shape index (κ3) is 2.72. The van der Waals surface area contributed by atoms with Gasteiger partial charge in [-0.1, -0.05) is 0 Å². The number of hydrogen-bond acceptors (Lipinski definition) is 5. The van der Waals surface area contributed by atoms with E-state index in [1.54, 1.807) is 6.07 Å². The van der Waals surface area contributed by atoms with E-state index in [-0.39, 0.29) is 18.3 Å². The molecular formula is C11H14N2O4. The lowest BCUT2D eigenvalue weighted by molar-refractivity contribution is 0.00336. The summed E-state index contributed by atoms with van der Waals surface area (Å²) >= 11 is 0. The fourth-order valence-electron chi connectivity index (χ4n) is 1.74. The predicted molar refractivity (Wildman–Crippen MR) is 60.2 cm³/mol. The number of anilines is 1. The summed E-state index contributed by atoms with van der Waals surface area (Å²) in [5, 5.41) is 17.8. The highest BCUT2D eigenvalue weighted by Gasteiger charge is 2.20. The molecule has 0 aromatic carbocycles. The number of morpholine rings is 1. The van der Waals surface area contributed by atoms with Crippen molar-refractivity contribution < 1.29 is 19.7 Å². The first-order valence-corrected chi connectivity index (χ1v) is 5.37. The van der Waals surface area contributed by atoms with Crippen LogP contribution in [0.1, 0.15) is 10.4 Å². The van der Waals surface area contributed by atoms with Crippen LogP contribution in [0.4, 0.5) is 5.82 Å². The van der Waals surface area contributed by atoms with E-state index in [0.29, 0.717) is 25.5 Å². The first kappa shape index (κ1) is 11.8. The molecule has 0 amide bonds. The van der Waals surface area contributed by atoms with Crippen molar-refractivity contribution >= 4 is 11.8 Å². The Morgan fingerprint density at radius 2 is 2.41 bits per heavy atom. The van der Waals surface area contributed by atoms with Gasteiger partial charge >= 0.3 is 5.97 Å². The lowest BCUT2D eigenvalue weighted by Crippen LogP contribution is -2.44. The number of carboxylic acid groups (broad SMARTS) is 1. The van der Waals surface area contributed by atoms with E-state index in [0.717, 1.165) is 0 Å². The molecule has 6 heteroatoms. The molecule has 2 rings (SSSR count). The minimum Gasteiger partial charge on any atom is -0.478 e. The normalized spacial score (nSPS) is 20.3. The van der Waals surface area contributed by atoms with Gasteiger partial charge in [0.1, 0.15) is 5.82 Å². The van der Waals surface area contributed by atoms with Crippen LogP contribution < -0.4 is 4.90 Å². The molecule has 0 spiro atoms. The maximum Gasteiger partial charge on any atom is 0.337 e. The zero-order chi connectivity index (χ0) is 12.3. The Labute approximate surface area is 98.5 Å². The second-order valence-electron chi connectivity index (χ2n) is 3.83. The topological polar surface area (TPSA) is 82.9 Å². The van der Waals surface area contributed by atoms with E-state index >= 15 is 0 Å². The van der Waals surface area contributed by atoms with Gasteiger partial charge in [-0.2, -0.15) is 0 Å². The molecule has 17 heavy (non-hydrogen) atoms. The van der Waals surface area contributed by atoms with Crippen molar-refractivity contribution in [3.63, 3.8) is 0 Å². The Bertz CT molecular complexity index is 393. The molecule has 1 fully saturated rings. The van der Waals surface area contributed by atoms with Crippen LogP contribution in [0.2, 0.25) is 0 Å². The lowest BCUT2D eigenvalue weighted by atomic mass is 10.2. The highest BCUT2D eigenvalue weighted by atomic mass is 16.5. The summed E-state index contributed by atoms with van der Waals surface area (Å²) in [7, 11) is 0. The molecule has 1 atom stereocenters. The van der Waals surface area contributed by atoms with Crippen molar-refractivity contribution in [3.05, 3.63) is 23.9 Å². The van der Waals surface area contributed by atoms with Gasteiger partial charge in [-0.05, 0) is 12.1 Å². The highest BCUT2D eigenvalue weighted by molar-refractivity contribution is 5.87. The number of ether oxygens (including phenoxy) is 1. The van der Waals surface area contributed by atoms with Crippen molar-refractivity contribution in [2.75, 3.05) is 31.2 Å². The summed E-state index contributed by atoms with van der Waals surface area (Å²) < 4.78 is 5.33. The number of aliphatic hydroxyl groups excluding tert-OH is 1. The zero-order valence-corrected chi connectivity index (χ0v) is 9.24. The summed E-state index contributed by atoms with van der Waals surface area (Å²) in [6.45, 7) is 1.77.